The third kappa shape index (κ3) is 3.45. The van der Waals surface area contributed by atoms with Gasteiger partial charge in [-0.2, -0.15) is 0 Å². The number of thioether (sulfide) groups is 1. The number of carbonyl (C=O) groups is 1. The minimum atomic E-state index is -0.253. The fourth-order valence-electron chi connectivity index (χ4n) is 3.09. The number of hydrogen-bond donors (Lipinski definition) is 0. The Morgan fingerprint density at radius 1 is 1.43 bits per heavy atom. The standard InChI is InChI=1S/C18H26O2S/c1-6-17(4,21-15-9-7-13(2)8-10-15)12-18(11-14(18)3)16(19)20-5/h7-10,14H,6,11-12H2,1-5H3. The zero-order valence-electron chi connectivity index (χ0n) is 13.7. The number of carbonyl (C=O) groups excluding carboxylic acids is 1. The lowest BCUT2D eigenvalue weighted by atomic mass is 9.89. The van der Waals surface area contributed by atoms with Gasteiger partial charge in [0, 0.05) is 9.64 Å². The summed E-state index contributed by atoms with van der Waals surface area (Å²) in [7, 11) is 1.51. The van der Waals surface area contributed by atoms with E-state index < -0.39 is 0 Å². The van der Waals surface area contributed by atoms with Gasteiger partial charge in [-0.15, -0.1) is 11.8 Å². The molecule has 0 saturated heterocycles. The van der Waals surface area contributed by atoms with Crippen LogP contribution in [0, 0.1) is 18.3 Å². The molecule has 1 aromatic carbocycles. The van der Waals surface area contributed by atoms with Gasteiger partial charge in [-0.3, -0.25) is 4.79 Å². The average molecular weight is 306 g/mol. The largest absolute Gasteiger partial charge is 0.469 e. The van der Waals surface area contributed by atoms with Gasteiger partial charge in [0.15, 0.2) is 0 Å². The first-order chi connectivity index (χ1) is 9.85. The van der Waals surface area contributed by atoms with Gasteiger partial charge in [0.05, 0.1) is 12.5 Å². The van der Waals surface area contributed by atoms with Crippen LogP contribution in [0.5, 0.6) is 0 Å². The Labute approximate surface area is 132 Å². The van der Waals surface area contributed by atoms with Crippen molar-refractivity contribution in [2.45, 2.75) is 56.6 Å². The molecule has 2 nitrogen and oxygen atoms in total. The van der Waals surface area contributed by atoms with Crippen LogP contribution in [0.15, 0.2) is 29.2 Å². The fourth-order valence-corrected chi connectivity index (χ4v) is 4.40. The van der Waals surface area contributed by atoms with Gasteiger partial charge in [-0.1, -0.05) is 38.5 Å². The van der Waals surface area contributed by atoms with Crippen molar-refractivity contribution >= 4 is 17.7 Å². The van der Waals surface area contributed by atoms with Crippen LogP contribution in [0.3, 0.4) is 0 Å². The van der Waals surface area contributed by atoms with Crippen molar-refractivity contribution in [3.05, 3.63) is 29.8 Å². The van der Waals surface area contributed by atoms with Crippen LogP contribution >= 0.6 is 11.8 Å². The van der Waals surface area contributed by atoms with Gasteiger partial charge in [0.2, 0.25) is 0 Å². The Bertz CT molecular complexity index is 510. The van der Waals surface area contributed by atoms with Gasteiger partial charge >= 0.3 is 5.97 Å². The van der Waals surface area contributed by atoms with Gasteiger partial charge in [-0.25, -0.2) is 0 Å². The highest BCUT2D eigenvalue weighted by Gasteiger charge is 2.60. The third-order valence-corrected chi connectivity index (χ3v) is 6.30. The Morgan fingerprint density at radius 3 is 2.43 bits per heavy atom. The van der Waals surface area contributed by atoms with Crippen LogP contribution in [-0.4, -0.2) is 17.8 Å². The summed E-state index contributed by atoms with van der Waals surface area (Å²) in [6.45, 7) is 8.74. The fraction of sp³-hybridized carbons (Fsp3) is 0.611. The second-order valence-corrected chi connectivity index (χ2v) is 8.31. The van der Waals surface area contributed by atoms with Gasteiger partial charge in [0.25, 0.3) is 0 Å². The minimum Gasteiger partial charge on any atom is -0.469 e. The first kappa shape index (κ1) is 16.4. The first-order valence-corrected chi connectivity index (χ1v) is 8.51. The van der Waals surface area contributed by atoms with E-state index in [2.05, 4.69) is 52.0 Å². The molecule has 0 spiro atoms. The number of aryl methyl sites for hydroxylation is 1. The molecule has 1 aliphatic carbocycles. The topological polar surface area (TPSA) is 26.3 Å². The van der Waals surface area contributed by atoms with Crippen molar-refractivity contribution in [1.29, 1.82) is 0 Å². The molecule has 116 valence electrons. The molecule has 0 N–H and O–H groups in total. The molecule has 0 amide bonds. The predicted molar refractivity (Wildman–Crippen MR) is 88.6 cm³/mol. The molecule has 21 heavy (non-hydrogen) atoms. The quantitative estimate of drug-likeness (QED) is 0.555. The molecule has 0 bridgehead atoms. The summed E-state index contributed by atoms with van der Waals surface area (Å²) in [4.78, 5) is 13.4. The van der Waals surface area contributed by atoms with Crippen LogP contribution in [0.25, 0.3) is 0 Å². The summed E-state index contributed by atoms with van der Waals surface area (Å²) >= 11 is 1.89. The lowest BCUT2D eigenvalue weighted by Crippen LogP contribution is -2.30. The van der Waals surface area contributed by atoms with E-state index in [9.17, 15) is 4.79 Å². The molecule has 2 rings (SSSR count). The smallest absolute Gasteiger partial charge is 0.312 e. The van der Waals surface area contributed by atoms with E-state index in [1.165, 1.54) is 17.6 Å². The number of esters is 1. The Hall–Kier alpha value is -0.960. The Kier molecular flexibility index (Phi) is 4.72. The van der Waals surface area contributed by atoms with Crippen molar-refractivity contribution in [2.24, 2.45) is 11.3 Å². The second-order valence-electron chi connectivity index (χ2n) is 6.65. The van der Waals surface area contributed by atoms with E-state index in [1.807, 2.05) is 11.8 Å². The second kappa shape index (κ2) is 6.04. The van der Waals surface area contributed by atoms with E-state index >= 15 is 0 Å². The molecular weight excluding hydrogens is 280 g/mol. The molecule has 1 aromatic rings. The summed E-state index contributed by atoms with van der Waals surface area (Å²) in [6, 6.07) is 8.65. The molecule has 1 aliphatic rings. The first-order valence-electron chi connectivity index (χ1n) is 7.69. The lowest BCUT2D eigenvalue weighted by Gasteiger charge is -2.31. The van der Waals surface area contributed by atoms with Crippen molar-refractivity contribution in [2.75, 3.05) is 7.11 Å². The van der Waals surface area contributed by atoms with Crippen LogP contribution < -0.4 is 0 Å². The SMILES string of the molecule is CCC(C)(CC1(C(=O)OC)CC1C)Sc1ccc(C)cc1. The van der Waals surface area contributed by atoms with Crippen LogP contribution in [0.1, 0.15) is 45.6 Å². The number of methoxy groups -OCH3 is 1. The Balaban J connectivity index is 2.14. The van der Waals surface area contributed by atoms with E-state index in [-0.39, 0.29) is 16.1 Å². The predicted octanol–water partition coefficient (Wildman–Crippen LogP) is 4.85. The summed E-state index contributed by atoms with van der Waals surface area (Å²) in [6.07, 6.45) is 2.89. The minimum absolute atomic E-state index is 0.0285. The maximum Gasteiger partial charge on any atom is 0.312 e. The van der Waals surface area contributed by atoms with E-state index in [0.717, 1.165) is 19.3 Å². The molecule has 0 radical (unpaired) electrons. The third-order valence-electron chi connectivity index (χ3n) is 4.87. The number of hydrogen-bond acceptors (Lipinski definition) is 3. The van der Waals surface area contributed by atoms with Crippen molar-refractivity contribution in [3.63, 3.8) is 0 Å². The lowest BCUT2D eigenvalue weighted by molar-refractivity contribution is -0.148. The van der Waals surface area contributed by atoms with Crippen LogP contribution in [0.4, 0.5) is 0 Å². The summed E-state index contributed by atoms with van der Waals surface area (Å²) in [5.74, 6) is 0.411. The molecular formula is C18H26O2S. The monoisotopic (exact) mass is 306 g/mol. The highest BCUT2D eigenvalue weighted by atomic mass is 32.2. The van der Waals surface area contributed by atoms with Crippen LogP contribution in [-0.2, 0) is 9.53 Å². The molecule has 0 aliphatic heterocycles. The van der Waals surface area contributed by atoms with E-state index in [1.54, 1.807) is 0 Å². The highest BCUT2D eigenvalue weighted by Crippen LogP contribution is 2.60. The normalized spacial score (nSPS) is 27.0. The van der Waals surface area contributed by atoms with Gasteiger partial charge in [0.1, 0.15) is 0 Å². The molecule has 3 atom stereocenters. The van der Waals surface area contributed by atoms with Crippen LogP contribution in [0.2, 0.25) is 0 Å². The molecule has 1 saturated carbocycles. The Morgan fingerprint density at radius 2 is 2.00 bits per heavy atom. The van der Waals surface area contributed by atoms with E-state index in [0.29, 0.717) is 5.92 Å². The van der Waals surface area contributed by atoms with Crippen molar-refractivity contribution in [3.8, 4) is 0 Å². The maximum atomic E-state index is 12.2. The molecule has 1 fully saturated rings. The zero-order valence-corrected chi connectivity index (χ0v) is 14.5. The average Bonchev–Trinajstić information content (AvgIpc) is 3.11. The molecule has 0 aromatic heterocycles. The molecule has 0 heterocycles. The van der Waals surface area contributed by atoms with Crippen molar-refractivity contribution < 1.29 is 9.53 Å². The highest BCUT2D eigenvalue weighted by molar-refractivity contribution is 8.00. The summed E-state index contributed by atoms with van der Waals surface area (Å²) in [5, 5.41) is 0. The van der Waals surface area contributed by atoms with Crippen molar-refractivity contribution in [1.82, 2.24) is 0 Å². The van der Waals surface area contributed by atoms with Gasteiger partial charge < -0.3 is 4.74 Å². The summed E-state index contributed by atoms with van der Waals surface area (Å²) < 4.78 is 5.12. The number of ether oxygens (including phenoxy) is 1. The molecule has 3 unspecified atom stereocenters. The summed E-state index contributed by atoms with van der Waals surface area (Å²) in [5.41, 5.74) is 1.02. The number of benzene rings is 1. The maximum absolute atomic E-state index is 12.2. The number of rotatable bonds is 6. The van der Waals surface area contributed by atoms with E-state index in [4.69, 9.17) is 4.74 Å². The zero-order chi connectivity index (χ0) is 15.7. The molecule has 3 heteroatoms. The van der Waals surface area contributed by atoms with Gasteiger partial charge in [-0.05, 0) is 44.2 Å².